The highest BCUT2D eigenvalue weighted by molar-refractivity contribution is 5.95. The van der Waals surface area contributed by atoms with E-state index in [4.69, 9.17) is 0 Å². The molecule has 0 unspecified atom stereocenters. The van der Waals surface area contributed by atoms with Gasteiger partial charge in [0.05, 0.1) is 7.11 Å². The molecule has 1 aromatic rings. The fraction of sp³-hybridized carbons (Fsp3) is 0.417. The fourth-order valence-electron chi connectivity index (χ4n) is 1.73. The lowest BCUT2D eigenvalue weighted by Gasteiger charge is -2.15. The van der Waals surface area contributed by atoms with Gasteiger partial charge in [0.15, 0.2) is 0 Å². The molecule has 0 spiro atoms. The molecule has 16 heavy (non-hydrogen) atoms. The Kier molecular flexibility index (Phi) is 3.42. The van der Waals surface area contributed by atoms with Gasteiger partial charge in [0.2, 0.25) is 0 Å². The number of aromatic hydroxyl groups is 2. The van der Waals surface area contributed by atoms with Crippen molar-refractivity contribution < 1.29 is 19.7 Å². The van der Waals surface area contributed by atoms with Gasteiger partial charge in [0.25, 0.3) is 0 Å². The molecule has 0 saturated carbocycles. The second kappa shape index (κ2) is 4.43. The largest absolute Gasteiger partial charge is 0.508 e. The summed E-state index contributed by atoms with van der Waals surface area (Å²) in [6.45, 7) is 5.28. The Bertz CT molecular complexity index is 422. The van der Waals surface area contributed by atoms with Crippen LogP contribution >= 0.6 is 0 Å². The average Bonchev–Trinajstić information content (AvgIpc) is 2.15. The molecule has 0 aliphatic carbocycles. The number of aryl methyl sites for hydroxylation is 1. The second-order valence-corrected chi connectivity index (χ2v) is 4.00. The number of carbonyl (C=O) groups excluding carboxylic acids is 1. The number of esters is 1. The van der Waals surface area contributed by atoms with E-state index in [1.165, 1.54) is 13.2 Å². The van der Waals surface area contributed by atoms with Gasteiger partial charge >= 0.3 is 5.97 Å². The van der Waals surface area contributed by atoms with Gasteiger partial charge in [-0.15, -0.1) is 0 Å². The molecular formula is C12H16O4. The molecule has 0 amide bonds. The van der Waals surface area contributed by atoms with Crippen LogP contribution < -0.4 is 0 Å². The van der Waals surface area contributed by atoms with Crippen molar-refractivity contribution in [1.29, 1.82) is 0 Å². The number of phenolic OH excluding ortho intramolecular Hbond substituents is 2. The van der Waals surface area contributed by atoms with Gasteiger partial charge in [0.1, 0.15) is 17.1 Å². The van der Waals surface area contributed by atoms with E-state index in [-0.39, 0.29) is 23.0 Å². The molecule has 0 aromatic heterocycles. The highest BCUT2D eigenvalue weighted by Crippen LogP contribution is 2.38. The van der Waals surface area contributed by atoms with E-state index in [0.717, 1.165) is 0 Å². The highest BCUT2D eigenvalue weighted by atomic mass is 16.5. The molecule has 2 N–H and O–H groups in total. The van der Waals surface area contributed by atoms with E-state index in [2.05, 4.69) is 4.74 Å². The van der Waals surface area contributed by atoms with Crippen LogP contribution in [0.1, 0.15) is 41.3 Å². The summed E-state index contributed by atoms with van der Waals surface area (Å²) < 4.78 is 4.59. The number of benzene rings is 1. The van der Waals surface area contributed by atoms with Crippen LogP contribution in [-0.2, 0) is 4.74 Å². The maximum Gasteiger partial charge on any atom is 0.341 e. The lowest BCUT2D eigenvalue weighted by atomic mass is 9.95. The number of carbonyl (C=O) groups is 1. The molecule has 0 heterocycles. The van der Waals surface area contributed by atoms with Crippen molar-refractivity contribution in [1.82, 2.24) is 0 Å². The number of ether oxygens (including phenoxy) is 1. The molecule has 4 nitrogen and oxygen atoms in total. The molecule has 0 saturated heterocycles. The zero-order valence-electron chi connectivity index (χ0n) is 9.87. The minimum absolute atomic E-state index is 0.00217. The van der Waals surface area contributed by atoms with Crippen molar-refractivity contribution in [2.24, 2.45) is 0 Å². The lowest BCUT2D eigenvalue weighted by molar-refractivity contribution is 0.0596. The van der Waals surface area contributed by atoms with Gasteiger partial charge in [-0.2, -0.15) is 0 Å². The summed E-state index contributed by atoms with van der Waals surface area (Å²) in [7, 11) is 1.25. The minimum Gasteiger partial charge on any atom is -0.508 e. The third kappa shape index (κ3) is 1.96. The van der Waals surface area contributed by atoms with E-state index >= 15 is 0 Å². The molecule has 0 aliphatic heterocycles. The molecule has 88 valence electrons. The topological polar surface area (TPSA) is 66.8 Å². The molecule has 0 atom stereocenters. The summed E-state index contributed by atoms with van der Waals surface area (Å²) in [6, 6.07) is 1.46. The minimum atomic E-state index is -0.600. The quantitative estimate of drug-likeness (QED) is 0.756. The summed E-state index contributed by atoms with van der Waals surface area (Å²) in [5.74, 6) is -0.877. The maximum absolute atomic E-state index is 11.5. The third-order valence-electron chi connectivity index (χ3n) is 2.48. The van der Waals surface area contributed by atoms with Crippen LogP contribution in [0, 0.1) is 6.92 Å². The Balaban J connectivity index is 3.51. The standard InChI is InChI=1S/C12H16O4/c1-6(2)9-8(13)5-7(3)10(11(9)14)12(15)16-4/h5-6,13-14H,1-4H3. The van der Waals surface area contributed by atoms with E-state index < -0.39 is 5.97 Å². The van der Waals surface area contributed by atoms with Crippen molar-refractivity contribution in [3.63, 3.8) is 0 Å². The van der Waals surface area contributed by atoms with Crippen LogP contribution in [0.3, 0.4) is 0 Å². The molecule has 4 heteroatoms. The van der Waals surface area contributed by atoms with Gasteiger partial charge in [-0.3, -0.25) is 0 Å². The normalized spacial score (nSPS) is 10.6. The molecular weight excluding hydrogens is 208 g/mol. The molecule has 1 aromatic carbocycles. The van der Waals surface area contributed by atoms with E-state index in [9.17, 15) is 15.0 Å². The summed E-state index contributed by atoms with van der Waals surface area (Å²) in [6.07, 6.45) is 0. The van der Waals surface area contributed by atoms with Crippen molar-refractivity contribution in [3.05, 3.63) is 22.8 Å². The SMILES string of the molecule is COC(=O)c1c(C)cc(O)c(C(C)C)c1O. The summed E-state index contributed by atoms with van der Waals surface area (Å²) >= 11 is 0. The smallest absolute Gasteiger partial charge is 0.341 e. The van der Waals surface area contributed by atoms with Crippen molar-refractivity contribution >= 4 is 5.97 Å². The molecule has 0 bridgehead atoms. The van der Waals surface area contributed by atoms with Crippen LogP contribution in [0.2, 0.25) is 0 Å². The monoisotopic (exact) mass is 224 g/mol. The zero-order chi connectivity index (χ0) is 12.5. The number of hydrogen-bond donors (Lipinski definition) is 2. The van der Waals surface area contributed by atoms with E-state index in [0.29, 0.717) is 11.1 Å². The predicted molar refractivity (Wildman–Crippen MR) is 59.9 cm³/mol. The van der Waals surface area contributed by atoms with Crippen molar-refractivity contribution in [2.45, 2.75) is 26.7 Å². The molecule has 0 fully saturated rings. The molecule has 0 radical (unpaired) electrons. The first-order chi connectivity index (χ1) is 7.40. The Hall–Kier alpha value is -1.71. The van der Waals surface area contributed by atoms with Crippen LogP contribution in [-0.4, -0.2) is 23.3 Å². The number of hydrogen-bond acceptors (Lipinski definition) is 4. The molecule has 0 aliphatic rings. The Morgan fingerprint density at radius 1 is 1.38 bits per heavy atom. The van der Waals surface area contributed by atoms with Crippen molar-refractivity contribution in [2.75, 3.05) is 7.11 Å². The maximum atomic E-state index is 11.5. The average molecular weight is 224 g/mol. The van der Waals surface area contributed by atoms with E-state index in [1.807, 2.05) is 13.8 Å². The number of rotatable bonds is 2. The predicted octanol–water partition coefficient (Wildman–Crippen LogP) is 2.32. The van der Waals surface area contributed by atoms with E-state index in [1.54, 1.807) is 6.92 Å². The third-order valence-corrected chi connectivity index (χ3v) is 2.48. The summed E-state index contributed by atoms with van der Waals surface area (Å²) in [5.41, 5.74) is 0.973. The first-order valence-corrected chi connectivity index (χ1v) is 5.03. The van der Waals surface area contributed by atoms with Crippen LogP contribution in [0.25, 0.3) is 0 Å². The van der Waals surface area contributed by atoms with Gasteiger partial charge in [-0.05, 0) is 24.5 Å². The summed E-state index contributed by atoms with van der Waals surface area (Å²) in [4.78, 5) is 11.5. The second-order valence-electron chi connectivity index (χ2n) is 4.00. The number of methoxy groups -OCH3 is 1. The fourth-order valence-corrected chi connectivity index (χ4v) is 1.73. The zero-order valence-corrected chi connectivity index (χ0v) is 9.87. The lowest BCUT2D eigenvalue weighted by Crippen LogP contribution is -2.06. The first kappa shape index (κ1) is 12.4. The van der Waals surface area contributed by atoms with Gasteiger partial charge in [-0.25, -0.2) is 4.79 Å². The highest BCUT2D eigenvalue weighted by Gasteiger charge is 2.22. The Morgan fingerprint density at radius 3 is 2.38 bits per heavy atom. The first-order valence-electron chi connectivity index (χ1n) is 5.03. The molecule has 1 rings (SSSR count). The van der Waals surface area contributed by atoms with Gasteiger partial charge in [0, 0.05) is 5.56 Å². The Labute approximate surface area is 94.5 Å². The number of phenols is 2. The van der Waals surface area contributed by atoms with Crippen LogP contribution in [0.5, 0.6) is 11.5 Å². The van der Waals surface area contributed by atoms with Gasteiger partial charge in [-0.1, -0.05) is 13.8 Å². The summed E-state index contributed by atoms with van der Waals surface area (Å²) in [5, 5.41) is 19.7. The van der Waals surface area contributed by atoms with Crippen LogP contribution in [0.4, 0.5) is 0 Å². The van der Waals surface area contributed by atoms with Crippen LogP contribution in [0.15, 0.2) is 6.07 Å². The van der Waals surface area contributed by atoms with Crippen molar-refractivity contribution in [3.8, 4) is 11.5 Å². The van der Waals surface area contributed by atoms with Gasteiger partial charge < -0.3 is 14.9 Å². The Morgan fingerprint density at radius 2 is 1.94 bits per heavy atom.